The molecule has 2 aromatic heterocycles. The van der Waals surface area contributed by atoms with Crippen molar-refractivity contribution in [1.82, 2.24) is 19.3 Å². The monoisotopic (exact) mass is 312 g/mol. The van der Waals surface area contributed by atoms with Crippen molar-refractivity contribution in [2.24, 2.45) is 0 Å². The minimum atomic E-state index is 0.360. The van der Waals surface area contributed by atoms with Gasteiger partial charge in [0.25, 0.3) is 0 Å². The van der Waals surface area contributed by atoms with E-state index >= 15 is 0 Å². The van der Waals surface area contributed by atoms with Crippen molar-refractivity contribution in [2.75, 3.05) is 14.1 Å². The van der Waals surface area contributed by atoms with Gasteiger partial charge in [0, 0.05) is 12.4 Å². The molecule has 0 radical (unpaired) electrons. The second-order valence-electron chi connectivity index (χ2n) is 4.03. The minimum Gasteiger partial charge on any atom is -0.303 e. The van der Waals surface area contributed by atoms with E-state index in [9.17, 15) is 0 Å². The lowest BCUT2D eigenvalue weighted by atomic mass is 10.1. The summed E-state index contributed by atoms with van der Waals surface area (Å²) in [6.45, 7) is 6.17. The molecular formula is C13H21BrN4. The first-order chi connectivity index (χ1) is 8.61. The number of rotatable bonds is 3. The van der Waals surface area contributed by atoms with Crippen molar-refractivity contribution < 1.29 is 0 Å². The molecule has 0 amide bonds. The lowest BCUT2D eigenvalue weighted by Gasteiger charge is -2.20. The van der Waals surface area contributed by atoms with E-state index in [1.807, 2.05) is 24.4 Å². The summed E-state index contributed by atoms with van der Waals surface area (Å²) in [6.07, 6.45) is 6.81. The number of fused-ring (bicyclic) bond motifs is 1. The summed E-state index contributed by atoms with van der Waals surface area (Å²) < 4.78 is 2.82. The Morgan fingerprint density at radius 1 is 1.33 bits per heavy atom. The van der Waals surface area contributed by atoms with Crippen LogP contribution in [0.15, 0.2) is 23.2 Å². The van der Waals surface area contributed by atoms with Gasteiger partial charge in [-0.3, -0.25) is 0 Å². The van der Waals surface area contributed by atoms with Crippen LogP contribution >= 0.6 is 15.9 Å². The van der Waals surface area contributed by atoms with Gasteiger partial charge in [-0.1, -0.05) is 20.8 Å². The minimum absolute atomic E-state index is 0.360. The van der Waals surface area contributed by atoms with E-state index in [0.29, 0.717) is 6.04 Å². The van der Waals surface area contributed by atoms with Crippen LogP contribution in [0.5, 0.6) is 0 Å². The Labute approximate surface area is 117 Å². The Hall–Kier alpha value is -0.940. The highest BCUT2D eigenvalue weighted by molar-refractivity contribution is 9.10. The predicted molar refractivity (Wildman–Crippen MR) is 78.8 cm³/mol. The molecule has 0 aliphatic carbocycles. The standard InChI is InChI=1S/C11H15BrN4.C2H6/c1-4-9(15(2)3)8-6-16-7-10(12)13-5-11(16)14-8;1-2/h5-7,9H,4H2,1-3H3;1-2H3. The molecule has 0 saturated heterocycles. The van der Waals surface area contributed by atoms with Crippen molar-refractivity contribution in [1.29, 1.82) is 0 Å². The molecule has 2 rings (SSSR count). The van der Waals surface area contributed by atoms with Crippen LogP contribution in [0.1, 0.15) is 38.9 Å². The molecule has 0 saturated carbocycles. The number of halogens is 1. The molecule has 0 bridgehead atoms. The Bertz CT molecular complexity index is 493. The van der Waals surface area contributed by atoms with E-state index in [1.165, 1.54) is 0 Å². The van der Waals surface area contributed by atoms with Crippen molar-refractivity contribution in [3.05, 3.63) is 28.9 Å². The van der Waals surface area contributed by atoms with Gasteiger partial charge in [0.15, 0.2) is 5.65 Å². The van der Waals surface area contributed by atoms with Crippen molar-refractivity contribution in [3.63, 3.8) is 0 Å². The maximum atomic E-state index is 4.58. The molecule has 0 aliphatic heterocycles. The summed E-state index contributed by atoms with van der Waals surface area (Å²) in [6, 6.07) is 0.360. The van der Waals surface area contributed by atoms with Crippen LogP contribution in [-0.4, -0.2) is 33.4 Å². The largest absolute Gasteiger partial charge is 0.303 e. The van der Waals surface area contributed by atoms with Crippen molar-refractivity contribution >= 4 is 21.6 Å². The van der Waals surface area contributed by atoms with Gasteiger partial charge in [0.05, 0.1) is 17.9 Å². The molecule has 4 nitrogen and oxygen atoms in total. The van der Waals surface area contributed by atoms with E-state index in [4.69, 9.17) is 0 Å². The number of hydrogen-bond acceptors (Lipinski definition) is 3. The topological polar surface area (TPSA) is 33.4 Å². The maximum Gasteiger partial charge on any atom is 0.155 e. The van der Waals surface area contributed by atoms with Crippen molar-refractivity contribution in [3.8, 4) is 0 Å². The number of imidazole rings is 1. The summed E-state index contributed by atoms with van der Waals surface area (Å²) >= 11 is 3.35. The van der Waals surface area contributed by atoms with Gasteiger partial charge in [-0.05, 0) is 36.4 Å². The third-order valence-corrected chi connectivity index (χ3v) is 3.09. The first kappa shape index (κ1) is 15.1. The summed E-state index contributed by atoms with van der Waals surface area (Å²) in [7, 11) is 4.15. The van der Waals surface area contributed by atoms with Crippen LogP contribution in [0.2, 0.25) is 0 Å². The van der Waals surface area contributed by atoms with E-state index < -0.39 is 0 Å². The van der Waals surface area contributed by atoms with E-state index in [-0.39, 0.29) is 0 Å². The average molecular weight is 313 g/mol. The third kappa shape index (κ3) is 3.29. The molecular weight excluding hydrogens is 292 g/mol. The first-order valence-electron chi connectivity index (χ1n) is 6.28. The van der Waals surface area contributed by atoms with Gasteiger partial charge >= 0.3 is 0 Å². The Balaban J connectivity index is 0.000000771. The van der Waals surface area contributed by atoms with Gasteiger partial charge in [-0.25, -0.2) is 9.97 Å². The molecule has 100 valence electrons. The molecule has 0 fully saturated rings. The van der Waals surface area contributed by atoms with Gasteiger partial charge < -0.3 is 9.30 Å². The quantitative estimate of drug-likeness (QED) is 0.869. The van der Waals surface area contributed by atoms with Crippen molar-refractivity contribution in [2.45, 2.75) is 33.2 Å². The number of nitrogens with zero attached hydrogens (tertiary/aromatic N) is 4. The predicted octanol–water partition coefficient (Wildman–Crippen LogP) is 3.53. The number of aromatic nitrogens is 3. The smallest absolute Gasteiger partial charge is 0.155 e. The zero-order valence-corrected chi connectivity index (χ0v) is 13.3. The van der Waals surface area contributed by atoms with Gasteiger partial charge in [-0.15, -0.1) is 0 Å². The SMILES string of the molecule is CC.CCC(c1cn2cc(Br)ncc2n1)N(C)C. The van der Waals surface area contributed by atoms with Crippen LogP contribution in [0, 0.1) is 0 Å². The van der Waals surface area contributed by atoms with E-state index in [1.54, 1.807) is 6.20 Å². The lowest BCUT2D eigenvalue weighted by molar-refractivity contribution is 0.287. The maximum absolute atomic E-state index is 4.58. The van der Waals surface area contributed by atoms with Crippen LogP contribution < -0.4 is 0 Å². The fourth-order valence-corrected chi connectivity index (χ4v) is 2.22. The Morgan fingerprint density at radius 2 is 2.00 bits per heavy atom. The zero-order chi connectivity index (χ0) is 13.7. The summed E-state index contributed by atoms with van der Waals surface area (Å²) in [5, 5.41) is 0. The molecule has 2 heterocycles. The fourth-order valence-electron chi connectivity index (χ4n) is 1.89. The van der Waals surface area contributed by atoms with Gasteiger partial charge in [0.1, 0.15) is 4.60 Å². The highest BCUT2D eigenvalue weighted by atomic mass is 79.9. The highest BCUT2D eigenvalue weighted by Crippen LogP contribution is 2.21. The molecule has 5 heteroatoms. The Morgan fingerprint density at radius 3 is 2.56 bits per heavy atom. The van der Waals surface area contributed by atoms with Crippen LogP contribution in [-0.2, 0) is 0 Å². The first-order valence-corrected chi connectivity index (χ1v) is 7.07. The van der Waals surface area contributed by atoms with Crippen LogP contribution in [0.3, 0.4) is 0 Å². The van der Waals surface area contributed by atoms with Crippen LogP contribution in [0.25, 0.3) is 5.65 Å². The Kier molecular flexibility index (Phi) is 5.75. The summed E-state index contributed by atoms with van der Waals surface area (Å²) in [5.74, 6) is 0. The number of hydrogen-bond donors (Lipinski definition) is 0. The zero-order valence-electron chi connectivity index (χ0n) is 11.7. The molecule has 18 heavy (non-hydrogen) atoms. The third-order valence-electron chi connectivity index (χ3n) is 2.68. The summed E-state index contributed by atoms with van der Waals surface area (Å²) in [4.78, 5) is 10.9. The van der Waals surface area contributed by atoms with Gasteiger partial charge in [-0.2, -0.15) is 0 Å². The molecule has 0 aromatic carbocycles. The van der Waals surface area contributed by atoms with Crippen LogP contribution in [0.4, 0.5) is 0 Å². The summed E-state index contributed by atoms with van der Waals surface area (Å²) in [5.41, 5.74) is 1.98. The average Bonchev–Trinajstić information content (AvgIpc) is 2.74. The normalized spacial score (nSPS) is 12.4. The lowest BCUT2D eigenvalue weighted by Crippen LogP contribution is -2.19. The second-order valence-corrected chi connectivity index (χ2v) is 4.84. The molecule has 1 atom stereocenters. The highest BCUT2D eigenvalue weighted by Gasteiger charge is 2.15. The molecule has 1 unspecified atom stereocenters. The van der Waals surface area contributed by atoms with E-state index in [0.717, 1.165) is 22.4 Å². The molecule has 0 N–H and O–H groups in total. The molecule has 0 spiro atoms. The second kappa shape index (κ2) is 6.85. The molecule has 2 aromatic rings. The fraction of sp³-hybridized carbons (Fsp3) is 0.538. The van der Waals surface area contributed by atoms with E-state index in [2.05, 4.69) is 58.0 Å². The molecule has 0 aliphatic rings. The van der Waals surface area contributed by atoms with Gasteiger partial charge in [0.2, 0.25) is 0 Å².